The van der Waals surface area contributed by atoms with E-state index in [1.807, 2.05) is 24.3 Å². The van der Waals surface area contributed by atoms with Crippen molar-refractivity contribution < 1.29 is 9.53 Å². The van der Waals surface area contributed by atoms with Gasteiger partial charge in [-0.15, -0.1) is 11.3 Å². The number of hydrogen-bond donors (Lipinski definition) is 0. The maximum Gasteiger partial charge on any atom is 0.273 e. The summed E-state index contributed by atoms with van der Waals surface area (Å²) in [4.78, 5) is 19.5. The fourth-order valence-corrected chi connectivity index (χ4v) is 4.60. The van der Waals surface area contributed by atoms with Crippen molar-refractivity contribution >= 4 is 17.2 Å². The highest BCUT2D eigenvalue weighted by molar-refractivity contribution is 7.10. The Morgan fingerprint density at radius 3 is 2.88 bits per heavy atom. The van der Waals surface area contributed by atoms with Crippen LogP contribution in [0.4, 0.5) is 0 Å². The van der Waals surface area contributed by atoms with Gasteiger partial charge >= 0.3 is 0 Å². The highest BCUT2D eigenvalue weighted by atomic mass is 32.1. The first-order valence-electron chi connectivity index (χ1n) is 8.44. The van der Waals surface area contributed by atoms with E-state index in [4.69, 9.17) is 4.74 Å². The van der Waals surface area contributed by atoms with Crippen LogP contribution in [0, 0.1) is 6.92 Å². The predicted molar refractivity (Wildman–Crippen MR) is 91.6 cm³/mol. The van der Waals surface area contributed by atoms with Crippen LogP contribution in [0.25, 0.3) is 0 Å². The molecule has 4 rings (SSSR count). The van der Waals surface area contributed by atoms with Gasteiger partial charge in [0.25, 0.3) is 5.91 Å². The zero-order chi connectivity index (χ0) is 16.8. The fraction of sp³-hybridized carbons (Fsp3) is 0.588. The lowest BCUT2D eigenvalue weighted by Crippen LogP contribution is -2.31. The van der Waals surface area contributed by atoms with Gasteiger partial charge in [-0.2, -0.15) is 5.10 Å². The summed E-state index contributed by atoms with van der Waals surface area (Å²) in [5, 5.41) is 7.50. The summed E-state index contributed by atoms with van der Waals surface area (Å²) < 4.78 is 7.29. The number of carbonyl (C=O) groups is 1. The first-order valence-corrected chi connectivity index (χ1v) is 9.32. The zero-order valence-electron chi connectivity index (χ0n) is 14.3. The Kier molecular flexibility index (Phi) is 3.83. The van der Waals surface area contributed by atoms with Gasteiger partial charge in [0.2, 0.25) is 5.88 Å². The molecule has 1 amide bonds. The average molecular weight is 346 g/mol. The van der Waals surface area contributed by atoms with Gasteiger partial charge in [-0.3, -0.25) is 4.79 Å². The molecular weight excluding hydrogens is 324 g/mol. The van der Waals surface area contributed by atoms with Crippen molar-refractivity contribution in [2.24, 2.45) is 7.05 Å². The first kappa shape index (κ1) is 15.6. The molecule has 1 aliphatic carbocycles. The van der Waals surface area contributed by atoms with Crippen LogP contribution < -0.4 is 4.74 Å². The second kappa shape index (κ2) is 5.88. The monoisotopic (exact) mass is 346 g/mol. The molecule has 6 nitrogen and oxygen atoms in total. The van der Waals surface area contributed by atoms with Crippen molar-refractivity contribution in [3.05, 3.63) is 27.3 Å². The van der Waals surface area contributed by atoms with Crippen molar-refractivity contribution in [2.45, 2.75) is 44.6 Å². The standard InChI is InChI=1S/C17H22N4O2S/c1-10-14(17(23-3)20(2)19-10)13-5-4-8-21(13)16(22)12-9-24-15(18-12)11-6-7-11/h9,11,13H,4-8H2,1-3H3/t13-/m0/s1. The van der Waals surface area contributed by atoms with E-state index in [1.54, 1.807) is 23.1 Å². The number of aromatic nitrogens is 3. The van der Waals surface area contributed by atoms with Crippen LogP contribution in [-0.4, -0.2) is 39.2 Å². The number of likely N-dealkylation sites (tertiary alicyclic amines) is 1. The van der Waals surface area contributed by atoms with Crippen LogP contribution in [0.1, 0.15) is 64.4 Å². The molecule has 0 bridgehead atoms. The number of amides is 1. The summed E-state index contributed by atoms with van der Waals surface area (Å²) in [5.41, 5.74) is 2.55. The van der Waals surface area contributed by atoms with Crippen LogP contribution in [0.15, 0.2) is 5.38 Å². The quantitative estimate of drug-likeness (QED) is 0.854. The van der Waals surface area contributed by atoms with Gasteiger partial charge in [0, 0.05) is 24.9 Å². The Bertz CT molecular complexity index is 778. The molecule has 0 aromatic carbocycles. The van der Waals surface area contributed by atoms with Crippen molar-refractivity contribution in [3.8, 4) is 5.88 Å². The molecule has 0 N–H and O–H groups in total. The third kappa shape index (κ3) is 2.51. The maximum absolute atomic E-state index is 13.0. The van der Waals surface area contributed by atoms with Gasteiger partial charge in [0.05, 0.1) is 29.4 Å². The number of methoxy groups -OCH3 is 1. The fourth-order valence-electron chi connectivity index (χ4n) is 3.64. The Balaban J connectivity index is 1.63. The topological polar surface area (TPSA) is 60.2 Å². The molecule has 1 aliphatic heterocycles. The lowest BCUT2D eigenvalue weighted by Gasteiger charge is -2.24. The maximum atomic E-state index is 13.0. The summed E-state index contributed by atoms with van der Waals surface area (Å²) in [7, 11) is 3.53. The smallest absolute Gasteiger partial charge is 0.273 e. The first-order chi connectivity index (χ1) is 11.6. The third-order valence-electron chi connectivity index (χ3n) is 4.92. The van der Waals surface area contributed by atoms with E-state index in [9.17, 15) is 4.79 Å². The molecule has 2 aromatic heterocycles. The summed E-state index contributed by atoms with van der Waals surface area (Å²) in [6, 6.07) is 0.0206. The minimum Gasteiger partial charge on any atom is -0.481 e. The molecule has 2 aliphatic rings. The van der Waals surface area contributed by atoms with Gasteiger partial charge in [0.1, 0.15) is 5.69 Å². The SMILES string of the molecule is COc1c([C@@H]2CCCN2C(=O)c2csc(C3CC3)n2)c(C)nn1C. The number of nitrogens with zero attached hydrogens (tertiary/aromatic N) is 4. The van der Waals surface area contributed by atoms with E-state index < -0.39 is 0 Å². The van der Waals surface area contributed by atoms with Gasteiger partial charge in [-0.05, 0) is 32.6 Å². The number of rotatable bonds is 4. The second-order valence-electron chi connectivity index (χ2n) is 6.63. The van der Waals surface area contributed by atoms with Crippen molar-refractivity contribution in [3.63, 3.8) is 0 Å². The number of thiazole rings is 1. The molecule has 3 heterocycles. The molecular formula is C17H22N4O2S. The van der Waals surface area contributed by atoms with Crippen molar-refractivity contribution in [2.75, 3.05) is 13.7 Å². The Morgan fingerprint density at radius 2 is 2.17 bits per heavy atom. The van der Waals surface area contributed by atoms with E-state index >= 15 is 0 Å². The van der Waals surface area contributed by atoms with Gasteiger partial charge in [0.15, 0.2) is 0 Å². The minimum atomic E-state index is 0.0206. The Hall–Kier alpha value is -1.89. The number of aryl methyl sites for hydroxylation is 2. The van der Waals surface area contributed by atoms with E-state index in [-0.39, 0.29) is 11.9 Å². The average Bonchev–Trinajstić information content (AvgIpc) is 3.00. The Morgan fingerprint density at radius 1 is 1.38 bits per heavy atom. The normalized spacial score (nSPS) is 20.6. The van der Waals surface area contributed by atoms with Crippen LogP contribution in [0.3, 0.4) is 0 Å². The second-order valence-corrected chi connectivity index (χ2v) is 7.52. The lowest BCUT2D eigenvalue weighted by atomic mass is 10.0. The molecule has 2 aromatic rings. The molecule has 0 radical (unpaired) electrons. The third-order valence-corrected chi connectivity index (χ3v) is 5.93. The van der Waals surface area contributed by atoms with Gasteiger partial charge in [-0.25, -0.2) is 9.67 Å². The largest absolute Gasteiger partial charge is 0.481 e. The summed E-state index contributed by atoms with van der Waals surface area (Å²) in [6.45, 7) is 2.74. The highest BCUT2D eigenvalue weighted by Gasteiger charge is 2.36. The molecule has 0 unspecified atom stereocenters. The molecule has 1 saturated heterocycles. The van der Waals surface area contributed by atoms with E-state index in [1.165, 1.54) is 12.8 Å². The molecule has 24 heavy (non-hydrogen) atoms. The molecule has 7 heteroatoms. The number of carbonyl (C=O) groups excluding carboxylic acids is 1. The lowest BCUT2D eigenvalue weighted by molar-refractivity contribution is 0.0728. The molecule has 1 atom stereocenters. The van der Waals surface area contributed by atoms with Crippen molar-refractivity contribution in [1.29, 1.82) is 0 Å². The van der Waals surface area contributed by atoms with Crippen molar-refractivity contribution in [1.82, 2.24) is 19.7 Å². The van der Waals surface area contributed by atoms with Crippen LogP contribution in [0.5, 0.6) is 5.88 Å². The predicted octanol–water partition coefficient (Wildman–Crippen LogP) is 3.05. The Labute approximate surface area is 145 Å². The molecule has 2 fully saturated rings. The number of hydrogen-bond acceptors (Lipinski definition) is 5. The van der Waals surface area contributed by atoms with E-state index in [0.29, 0.717) is 11.6 Å². The molecule has 128 valence electrons. The molecule has 1 saturated carbocycles. The zero-order valence-corrected chi connectivity index (χ0v) is 15.1. The van der Waals surface area contributed by atoms with E-state index in [2.05, 4.69) is 10.1 Å². The molecule has 0 spiro atoms. The summed E-state index contributed by atoms with van der Waals surface area (Å²) >= 11 is 1.62. The van der Waals surface area contributed by atoms with Gasteiger partial charge in [-0.1, -0.05) is 0 Å². The number of ether oxygens (including phenoxy) is 1. The van der Waals surface area contributed by atoms with Crippen LogP contribution in [0.2, 0.25) is 0 Å². The van der Waals surface area contributed by atoms with E-state index in [0.717, 1.165) is 41.5 Å². The van der Waals surface area contributed by atoms with Gasteiger partial charge < -0.3 is 9.64 Å². The minimum absolute atomic E-state index is 0.0206. The summed E-state index contributed by atoms with van der Waals surface area (Å²) in [5.74, 6) is 1.37. The van der Waals surface area contributed by atoms with Crippen LogP contribution in [-0.2, 0) is 7.05 Å². The summed E-state index contributed by atoms with van der Waals surface area (Å²) in [6.07, 6.45) is 4.35. The highest BCUT2D eigenvalue weighted by Crippen LogP contribution is 2.42. The van der Waals surface area contributed by atoms with Crippen LogP contribution >= 0.6 is 11.3 Å².